The van der Waals surface area contributed by atoms with Gasteiger partial charge in [-0.25, -0.2) is 0 Å². The molecule has 1 heterocycles. The summed E-state index contributed by atoms with van der Waals surface area (Å²) in [6.45, 7) is 3.97. The van der Waals surface area contributed by atoms with E-state index in [4.69, 9.17) is 17.0 Å². The summed E-state index contributed by atoms with van der Waals surface area (Å²) in [5.74, 6) is 0.357. The first-order valence-corrected chi connectivity index (χ1v) is 7.41. The van der Waals surface area contributed by atoms with Crippen LogP contribution in [-0.2, 0) is 0 Å². The summed E-state index contributed by atoms with van der Waals surface area (Å²) < 4.78 is 7.10. The highest BCUT2D eigenvalue weighted by Crippen LogP contribution is 2.33. The molecule has 1 aromatic heterocycles. The number of aryl methyl sites for hydroxylation is 1. The van der Waals surface area contributed by atoms with E-state index in [0.717, 1.165) is 0 Å². The van der Waals surface area contributed by atoms with Gasteiger partial charge in [0.1, 0.15) is 0 Å². The summed E-state index contributed by atoms with van der Waals surface area (Å²) in [4.78, 5) is 10.1. The number of ether oxygens (including phenoxy) is 1. The van der Waals surface area contributed by atoms with Crippen LogP contribution in [0.25, 0.3) is 0 Å². The van der Waals surface area contributed by atoms with Crippen LogP contribution in [0.3, 0.4) is 0 Å². The van der Waals surface area contributed by atoms with Crippen molar-refractivity contribution in [1.29, 1.82) is 0 Å². The lowest BCUT2D eigenvalue weighted by Crippen LogP contribution is -2.07. The Labute approximate surface area is 142 Å². The molecular formula is C13H13N5O3S2. The third-order valence-electron chi connectivity index (χ3n) is 2.78. The predicted octanol–water partition coefficient (Wildman–Crippen LogP) is 3.98. The minimum absolute atomic E-state index is 0.0108. The maximum atomic E-state index is 10.6. The van der Waals surface area contributed by atoms with Crippen molar-refractivity contribution in [2.45, 2.75) is 13.8 Å². The number of non-ortho nitro benzene ring substituents is 1. The summed E-state index contributed by atoms with van der Waals surface area (Å²) in [6.07, 6.45) is 0. The second-order valence-corrected chi connectivity index (χ2v) is 5.45. The Kier molecular flexibility index (Phi) is 5.40. The topological polar surface area (TPSA) is 94.9 Å². The Bertz CT molecular complexity index is 771. The molecule has 120 valence electrons. The molecule has 0 fully saturated rings. The Morgan fingerprint density at radius 3 is 2.61 bits per heavy atom. The number of nitrogens with zero attached hydrogens (tertiary/aromatic N) is 5. The van der Waals surface area contributed by atoms with Gasteiger partial charge in [0.05, 0.1) is 22.9 Å². The van der Waals surface area contributed by atoms with Crippen molar-refractivity contribution in [3.05, 3.63) is 40.1 Å². The third-order valence-corrected chi connectivity index (χ3v) is 3.14. The molecule has 0 aliphatic heterocycles. The van der Waals surface area contributed by atoms with Crippen LogP contribution in [0.5, 0.6) is 5.88 Å². The van der Waals surface area contributed by atoms with Crippen molar-refractivity contribution in [2.24, 2.45) is 10.2 Å². The number of thiol groups is 1. The molecular weight excluding hydrogens is 338 g/mol. The molecule has 0 saturated carbocycles. The van der Waals surface area contributed by atoms with Gasteiger partial charge in [-0.05, 0) is 26.0 Å². The number of rotatable bonds is 5. The third kappa shape index (κ3) is 3.90. The summed E-state index contributed by atoms with van der Waals surface area (Å²) >= 11 is 9.10. The van der Waals surface area contributed by atoms with Crippen molar-refractivity contribution in [1.82, 2.24) is 9.78 Å². The van der Waals surface area contributed by atoms with E-state index in [1.165, 1.54) is 28.9 Å². The lowest BCUT2D eigenvalue weighted by molar-refractivity contribution is -0.384. The normalized spacial score (nSPS) is 10.9. The van der Waals surface area contributed by atoms with E-state index in [9.17, 15) is 10.1 Å². The fourth-order valence-electron chi connectivity index (χ4n) is 1.76. The van der Waals surface area contributed by atoms with Crippen molar-refractivity contribution in [2.75, 3.05) is 6.61 Å². The maximum absolute atomic E-state index is 10.6. The van der Waals surface area contributed by atoms with Crippen LogP contribution in [0.2, 0.25) is 0 Å². The number of nitro benzene ring substituents is 1. The van der Waals surface area contributed by atoms with Crippen LogP contribution in [0, 0.1) is 17.0 Å². The van der Waals surface area contributed by atoms with Crippen molar-refractivity contribution in [3.8, 4) is 5.88 Å². The largest absolute Gasteiger partial charge is 0.476 e. The molecule has 2 rings (SSSR count). The van der Waals surface area contributed by atoms with Gasteiger partial charge in [0.15, 0.2) is 10.0 Å². The Hall–Kier alpha value is -2.33. The molecule has 8 nitrogen and oxygen atoms in total. The Morgan fingerprint density at radius 1 is 1.43 bits per heavy atom. The molecule has 0 atom stereocenters. The van der Waals surface area contributed by atoms with Crippen LogP contribution in [0.1, 0.15) is 12.6 Å². The highest BCUT2D eigenvalue weighted by Gasteiger charge is 2.18. The molecule has 0 N–H and O–H groups in total. The lowest BCUT2D eigenvalue weighted by Gasteiger charge is -2.05. The molecule has 0 unspecified atom stereocenters. The zero-order valence-corrected chi connectivity index (χ0v) is 14.0. The molecule has 2 aromatic rings. The fraction of sp³-hybridized carbons (Fsp3) is 0.231. The lowest BCUT2D eigenvalue weighted by atomic mass is 10.3. The zero-order chi connectivity index (χ0) is 17.0. The number of nitro groups is 1. The molecule has 0 radical (unpaired) electrons. The number of hydrogen-bond acceptors (Lipinski definition) is 7. The summed E-state index contributed by atoms with van der Waals surface area (Å²) in [5.41, 5.74) is 1.47. The fourth-order valence-corrected chi connectivity index (χ4v) is 2.02. The second kappa shape index (κ2) is 7.29. The van der Waals surface area contributed by atoms with Gasteiger partial charge in [-0.3, -0.25) is 10.1 Å². The number of thiocarbonyl (C=S) groups is 1. The minimum Gasteiger partial charge on any atom is -0.476 e. The number of aromatic nitrogens is 2. The van der Waals surface area contributed by atoms with Gasteiger partial charge in [0.25, 0.3) is 5.69 Å². The SMILES string of the molecule is CCOc1c(N=Nc2ccc([N+](=O)[O-])cc2)c(C)nn1C(=S)S. The molecule has 1 aromatic carbocycles. The first-order valence-electron chi connectivity index (χ1n) is 6.56. The average Bonchev–Trinajstić information content (AvgIpc) is 2.82. The van der Waals surface area contributed by atoms with Gasteiger partial charge in [-0.15, -0.1) is 17.7 Å². The average molecular weight is 351 g/mol. The minimum atomic E-state index is -0.476. The van der Waals surface area contributed by atoms with E-state index in [-0.39, 0.29) is 10.0 Å². The molecule has 0 aliphatic carbocycles. The van der Waals surface area contributed by atoms with Gasteiger partial charge in [-0.2, -0.15) is 14.9 Å². The molecule has 0 saturated heterocycles. The van der Waals surface area contributed by atoms with E-state index in [0.29, 0.717) is 29.6 Å². The van der Waals surface area contributed by atoms with Crippen molar-refractivity contribution < 1.29 is 9.66 Å². The highest BCUT2D eigenvalue weighted by atomic mass is 32.1. The first kappa shape index (κ1) is 17.0. The van der Waals surface area contributed by atoms with Crippen LogP contribution < -0.4 is 4.74 Å². The van der Waals surface area contributed by atoms with Crippen LogP contribution in [0.4, 0.5) is 17.1 Å². The number of hydrogen-bond donors (Lipinski definition) is 1. The van der Waals surface area contributed by atoms with Gasteiger partial charge < -0.3 is 4.74 Å². The van der Waals surface area contributed by atoms with Crippen LogP contribution in [0.15, 0.2) is 34.5 Å². The Morgan fingerprint density at radius 2 is 2.09 bits per heavy atom. The van der Waals surface area contributed by atoms with E-state index in [2.05, 4.69) is 28.0 Å². The van der Waals surface area contributed by atoms with E-state index in [1.807, 2.05) is 6.92 Å². The van der Waals surface area contributed by atoms with Gasteiger partial charge in [0.2, 0.25) is 5.88 Å². The summed E-state index contributed by atoms with van der Waals surface area (Å²) in [7, 11) is 0. The molecule has 10 heteroatoms. The van der Waals surface area contributed by atoms with Crippen molar-refractivity contribution >= 4 is 46.2 Å². The number of benzene rings is 1. The van der Waals surface area contributed by atoms with Crippen LogP contribution >= 0.6 is 24.8 Å². The standard InChI is InChI=1S/C13H13N5O3S2/c1-3-21-12-11(8(2)16-17(12)13(22)23)15-14-9-4-6-10(7-5-9)18(19)20/h4-7H,3H2,1-2H3,(H,22,23). The quantitative estimate of drug-likeness (QED) is 0.289. The van der Waals surface area contributed by atoms with E-state index >= 15 is 0 Å². The van der Waals surface area contributed by atoms with Gasteiger partial charge >= 0.3 is 0 Å². The molecule has 0 amide bonds. The first-order chi connectivity index (χ1) is 10.9. The molecule has 0 bridgehead atoms. The molecule has 23 heavy (non-hydrogen) atoms. The summed E-state index contributed by atoms with van der Waals surface area (Å²) in [6, 6.07) is 5.73. The molecule has 0 aliphatic rings. The van der Waals surface area contributed by atoms with E-state index in [1.54, 1.807) is 6.92 Å². The Balaban J connectivity index is 2.35. The van der Waals surface area contributed by atoms with Gasteiger partial charge in [0, 0.05) is 12.1 Å². The van der Waals surface area contributed by atoms with E-state index < -0.39 is 4.92 Å². The second-order valence-electron chi connectivity index (χ2n) is 4.34. The zero-order valence-electron chi connectivity index (χ0n) is 12.3. The van der Waals surface area contributed by atoms with Gasteiger partial charge in [-0.1, -0.05) is 12.2 Å². The smallest absolute Gasteiger partial charge is 0.269 e. The summed E-state index contributed by atoms with van der Waals surface area (Å²) in [5, 5.41) is 23.0. The predicted molar refractivity (Wildman–Crippen MR) is 92.4 cm³/mol. The molecule has 0 spiro atoms. The highest BCUT2D eigenvalue weighted by molar-refractivity contribution is 8.11. The maximum Gasteiger partial charge on any atom is 0.269 e. The van der Waals surface area contributed by atoms with Crippen molar-refractivity contribution in [3.63, 3.8) is 0 Å². The number of azo groups is 1. The monoisotopic (exact) mass is 351 g/mol. The van der Waals surface area contributed by atoms with Crippen LogP contribution in [-0.4, -0.2) is 25.6 Å².